The van der Waals surface area contributed by atoms with Gasteiger partial charge in [0.25, 0.3) is 11.8 Å². The first-order valence-corrected chi connectivity index (χ1v) is 9.57. The van der Waals surface area contributed by atoms with Gasteiger partial charge in [0.2, 0.25) is 5.91 Å². The maximum absolute atomic E-state index is 14.1. The number of amides is 2. The summed E-state index contributed by atoms with van der Waals surface area (Å²) in [6.07, 6.45) is 2.75. The molecular formula is C21H22F2N4O2. The van der Waals surface area contributed by atoms with Crippen LogP contribution in [0.4, 0.5) is 8.78 Å². The van der Waals surface area contributed by atoms with Crippen molar-refractivity contribution >= 4 is 11.8 Å². The maximum Gasteiger partial charge on any atom is 0.262 e. The van der Waals surface area contributed by atoms with Crippen LogP contribution < -0.4 is 5.32 Å². The summed E-state index contributed by atoms with van der Waals surface area (Å²) in [7, 11) is 0. The molecule has 1 aromatic carbocycles. The molecule has 2 amide bonds. The lowest BCUT2D eigenvalue weighted by Gasteiger charge is -2.45. The van der Waals surface area contributed by atoms with Crippen molar-refractivity contribution < 1.29 is 18.4 Å². The van der Waals surface area contributed by atoms with Gasteiger partial charge in [-0.05, 0) is 23.8 Å². The van der Waals surface area contributed by atoms with Crippen LogP contribution in [0.5, 0.6) is 0 Å². The molecule has 0 bridgehead atoms. The predicted molar refractivity (Wildman–Crippen MR) is 102 cm³/mol. The van der Waals surface area contributed by atoms with E-state index in [1.807, 2.05) is 12.1 Å². The second-order valence-electron chi connectivity index (χ2n) is 7.56. The highest BCUT2D eigenvalue weighted by molar-refractivity contribution is 5.94. The van der Waals surface area contributed by atoms with E-state index in [2.05, 4.69) is 10.3 Å². The summed E-state index contributed by atoms with van der Waals surface area (Å²) in [6.45, 7) is 0.467. The number of aromatic nitrogens is 1. The van der Waals surface area contributed by atoms with Crippen LogP contribution in [0.2, 0.25) is 0 Å². The van der Waals surface area contributed by atoms with Crippen LogP contribution in [0.3, 0.4) is 0 Å². The molecule has 8 heteroatoms. The van der Waals surface area contributed by atoms with Crippen molar-refractivity contribution in [1.82, 2.24) is 20.1 Å². The molecule has 2 aliphatic heterocycles. The van der Waals surface area contributed by atoms with Crippen molar-refractivity contribution in [2.45, 2.75) is 31.0 Å². The largest absolute Gasteiger partial charge is 0.351 e. The minimum atomic E-state index is -2.92. The number of nitrogens with one attached hydrogen (secondary N) is 1. The SMILES string of the molecule is O=C(NCc1cccnc1)[C@@H]1CC(F)(F)CN1C1CN(C(=O)c2ccccc2)C1. The van der Waals surface area contributed by atoms with Gasteiger partial charge in [-0.1, -0.05) is 24.3 Å². The first kappa shape index (κ1) is 19.4. The Morgan fingerprint density at radius 2 is 1.90 bits per heavy atom. The van der Waals surface area contributed by atoms with Gasteiger partial charge in [-0.15, -0.1) is 0 Å². The van der Waals surface area contributed by atoms with Crippen molar-refractivity contribution in [3.63, 3.8) is 0 Å². The number of pyridine rings is 1. The Kier molecular flexibility index (Phi) is 5.27. The zero-order valence-electron chi connectivity index (χ0n) is 15.8. The average molecular weight is 400 g/mol. The number of nitrogens with zero attached hydrogens (tertiary/aromatic N) is 3. The van der Waals surface area contributed by atoms with Gasteiger partial charge in [0.15, 0.2) is 0 Å². The number of carbonyl (C=O) groups excluding carboxylic acids is 2. The van der Waals surface area contributed by atoms with Crippen molar-refractivity contribution in [2.75, 3.05) is 19.6 Å². The van der Waals surface area contributed by atoms with E-state index in [1.165, 1.54) is 0 Å². The third kappa shape index (κ3) is 4.27. The minimum absolute atomic E-state index is 0.120. The third-order valence-electron chi connectivity index (χ3n) is 5.44. The lowest BCUT2D eigenvalue weighted by molar-refractivity contribution is -0.127. The number of hydrogen-bond donors (Lipinski definition) is 1. The molecule has 2 fully saturated rings. The molecule has 0 aliphatic carbocycles. The predicted octanol–water partition coefficient (Wildman–Crippen LogP) is 1.93. The van der Waals surface area contributed by atoms with Crippen molar-refractivity contribution in [1.29, 1.82) is 0 Å². The number of halogens is 2. The van der Waals surface area contributed by atoms with Crippen molar-refractivity contribution in [3.8, 4) is 0 Å². The molecule has 3 heterocycles. The molecule has 1 aromatic heterocycles. The van der Waals surface area contributed by atoms with Crippen molar-refractivity contribution in [3.05, 3.63) is 66.0 Å². The van der Waals surface area contributed by atoms with E-state index in [9.17, 15) is 18.4 Å². The fourth-order valence-electron chi connectivity index (χ4n) is 3.87. The van der Waals surface area contributed by atoms with E-state index in [4.69, 9.17) is 0 Å². The van der Waals surface area contributed by atoms with E-state index in [0.717, 1.165) is 5.56 Å². The zero-order valence-corrected chi connectivity index (χ0v) is 15.8. The number of carbonyl (C=O) groups is 2. The average Bonchev–Trinajstić information content (AvgIpc) is 3.01. The summed E-state index contributed by atoms with van der Waals surface area (Å²) in [4.78, 5) is 32.2. The Morgan fingerprint density at radius 3 is 2.59 bits per heavy atom. The second-order valence-corrected chi connectivity index (χ2v) is 7.56. The van der Waals surface area contributed by atoms with E-state index < -0.39 is 30.8 Å². The fourth-order valence-corrected chi connectivity index (χ4v) is 3.87. The van der Waals surface area contributed by atoms with E-state index in [0.29, 0.717) is 18.7 Å². The molecule has 1 atom stereocenters. The Bertz CT molecular complexity index is 873. The Balaban J connectivity index is 1.37. The number of rotatable bonds is 5. The van der Waals surface area contributed by atoms with Gasteiger partial charge in [0, 0.05) is 50.1 Å². The van der Waals surface area contributed by atoms with Crippen LogP contribution in [-0.2, 0) is 11.3 Å². The molecule has 4 rings (SSSR count). The van der Waals surface area contributed by atoms with Gasteiger partial charge >= 0.3 is 0 Å². The summed E-state index contributed by atoms with van der Waals surface area (Å²) in [5, 5.41) is 2.74. The fraction of sp³-hybridized carbons (Fsp3) is 0.381. The Morgan fingerprint density at radius 1 is 1.14 bits per heavy atom. The number of alkyl halides is 2. The standard InChI is InChI=1S/C21H22F2N4O2/c22-21(23)9-18(19(28)25-11-15-5-4-8-24-10-15)27(14-21)17-12-26(13-17)20(29)16-6-2-1-3-7-16/h1-8,10,17-18H,9,11-14H2,(H,25,28)/t18-/m0/s1. The molecule has 0 saturated carbocycles. The highest BCUT2D eigenvalue weighted by Crippen LogP contribution is 2.35. The first-order chi connectivity index (χ1) is 13.9. The third-order valence-corrected chi connectivity index (χ3v) is 5.44. The first-order valence-electron chi connectivity index (χ1n) is 9.57. The van der Waals surface area contributed by atoms with E-state index >= 15 is 0 Å². The molecule has 2 aromatic rings. The van der Waals surface area contributed by atoms with Gasteiger partial charge in [0.1, 0.15) is 0 Å². The highest BCUT2D eigenvalue weighted by atomic mass is 19.3. The van der Waals surface area contributed by atoms with E-state index in [1.54, 1.807) is 52.5 Å². The molecule has 0 unspecified atom stereocenters. The summed E-state index contributed by atoms with van der Waals surface area (Å²) in [5.74, 6) is -3.45. The monoisotopic (exact) mass is 400 g/mol. The molecule has 2 saturated heterocycles. The summed E-state index contributed by atoms with van der Waals surface area (Å²) in [6, 6.07) is 11.3. The maximum atomic E-state index is 14.1. The van der Waals surface area contributed by atoms with Gasteiger partial charge < -0.3 is 10.2 Å². The van der Waals surface area contributed by atoms with Crippen LogP contribution in [0.1, 0.15) is 22.3 Å². The highest BCUT2D eigenvalue weighted by Gasteiger charge is 2.52. The van der Waals surface area contributed by atoms with Crippen LogP contribution in [-0.4, -0.2) is 64.2 Å². The molecule has 29 heavy (non-hydrogen) atoms. The van der Waals surface area contributed by atoms with Gasteiger partial charge in [-0.2, -0.15) is 0 Å². The molecule has 1 N–H and O–H groups in total. The Hall–Kier alpha value is -2.87. The van der Waals surface area contributed by atoms with E-state index in [-0.39, 0.29) is 18.5 Å². The summed E-state index contributed by atoms with van der Waals surface area (Å²) in [5.41, 5.74) is 1.38. The Labute approximate surface area is 167 Å². The molecule has 6 nitrogen and oxygen atoms in total. The lowest BCUT2D eigenvalue weighted by atomic mass is 10.0. The molecule has 152 valence electrons. The summed E-state index contributed by atoms with van der Waals surface area (Å²) >= 11 is 0. The second kappa shape index (κ2) is 7.87. The van der Waals surface area contributed by atoms with Gasteiger partial charge in [-0.25, -0.2) is 8.78 Å². The summed E-state index contributed by atoms with van der Waals surface area (Å²) < 4.78 is 28.2. The molecule has 2 aliphatic rings. The van der Waals surface area contributed by atoms with Crippen molar-refractivity contribution in [2.24, 2.45) is 0 Å². The van der Waals surface area contributed by atoms with Gasteiger partial charge in [-0.3, -0.25) is 19.5 Å². The number of benzene rings is 1. The normalized spacial score (nSPS) is 21.6. The topological polar surface area (TPSA) is 65.5 Å². The molecule has 0 radical (unpaired) electrons. The lowest BCUT2D eigenvalue weighted by Crippen LogP contribution is -2.63. The molecular weight excluding hydrogens is 378 g/mol. The minimum Gasteiger partial charge on any atom is -0.351 e. The quantitative estimate of drug-likeness (QED) is 0.833. The number of likely N-dealkylation sites (tertiary alicyclic amines) is 2. The van der Waals surface area contributed by atoms with Crippen LogP contribution in [0.25, 0.3) is 0 Å². The molecule has 0 spiro atoms. The van der Waals surface area contributed by atoms with Crippen LogP contribution in [0.15, 0.2) is 54.9 Å². The van der Waals surface area contributed by atoms with Crippen LogP contribution in [0, 0.1) is 0 Å². The number of hydrogen-bond acceptors (Lipinski definition) is 4. The van der Waals surface area contributed by atoms with Crippen LogP contribution >= 0.6 is 0 Å². The zero-order chi connectivity index (χ0) is 20.4. The van der Waals surface area contributed by atoms with Gasteiger partial charge in [0.05, 0.1) is 12.6 Å². The smallest absolute Gasteiger partial charge is 0.262 e.